The fourth-order valence-electron chi connectivity index (χ4n) is 3.37. The van der Waals surface area contributed by atoms with E-state index in [-0.39, 0.29) is 0 Å². The van der Waals surface area contributed by atoms with E-state index in [9.17, 15) is 8.42 Å². The van der Waals surface area contributed by atoms with Crippen LogP contribution in [0, 0.1) is 0 Å². The lowest BCUT2D eigenvalue weighted by atomic mass is 10.2. The van der Waals surface area contributed by atoms with Crippen molar-refractivity contribution < 1.29 is 8.42 Å². The lowest BCUT2D eigenvalue weighted by Crippen LogP contribution is -2.39. The number of hydrogen-bond acceptors (Lipinski definition) is 3. The number of piperidine rings is 1. The van der Waals surface area contributed by atoms with Crippen LogP contribution in [0.2, 0.25) is 0 Å². The van der Waals surface area contributed by atoms with Gasteiger partial charge in [0.1, 0.15) is 0 Å². The molecule has 28 heavy (non-hydrogen) atoms. The Bertz CT molecular complexity index is 872. The highest BCUT2D eigenvalue weighted by Crippen LogP contribution is 2.23. The van der Waals surface area contributed by atoms with Gasteiger partial charge in [0.2, 0.25) is 10.0 Å². The standard InChI is InChI=1S/C20H29N5O2S/c1-21-20(22-11-16-24-12-7-8-13-24)23-17-18-9-3-4-10-19(18)28(26,27)25-14-5-2-6-15-25/h3-4,7-10,12-13H,2,5-6,11,14-17H2,1H3,(H2,21,22,23). The Kier molecular flexibility index (Phi) is 7.11. The third-order valence-corrected chi connectivity index (χ3v) is 6.90. The van der Waals surface area contributed by atoms with Crippen LogP contribution in [0.5, 0.6) is 0 Å². The van der Waals surface area contributed by atoms with Crippen molar-refractivity contribution in [1.82, 2.24) is 19.5 Å². The van der Waals surface area contributed by atoms with Crippen LogP contribution in [-0.2, 0) is 23.1 Å². The number of aromatic nitrogens is 1. The van der Waals surface area contributed by atoms with Gasteiger partial charge < -0.3 is 15.2 Å². The average Bonchev–Trinajstić information content (AvgIpc) is 3.25. The first-order valence-corrected chi connectivity index (χ1v) is 11.2. The van der Waals surface area contributed by atoms with E-state index in [0.29, 0.717) is 30.5 Å². The average molecular weight is 404 g/mol. The van der Waals surface area contributed by atoms with Crippen LogP contribution >= 0.6 is 0 Å². The molecule has 0 saturated carbocycles. The van der Waals surface area contributed by atoms with Gasteiger partial charge in [0.15, 0.2) is 5.96 Å². The van der Waals surface area contributed by atoms with Crippen LogP contribution in [0.25, 0.3) is 0 Å². The Morgan fingerprint density at radius 1 is 1.04 bits per heavy atom. The summed E-state index contributed by atoms with van der Waals surface area (Å²) in [7, 11) is -1.75. The molecule has 2 N–H and O–H groups in total. The first-order valence-electron chi connectivity index (χ1n) is 9.74. The van der Waals surface area contributed by atoms with Crippen molar-refractivity contribution in [1.29, 1.82) is 0 Å². The lowest BCUT2D eigenvalue weighted by Gasteiger charge is -2.27. The molecule has 0 amide bonds. The summed E-state index contributed by atoms with van der Waals surface area (Å²) in [5.74, 6) is 0.650. The summed E-state index contributed by atoms with van der Waals surface area (Å²) < 4.78 is 29.8. The molecule has 0 unspecified atom stereocenters. The number of hydrogen-bond donors (Lipinski definition) is 2. The van der Waals surface area contributed by atoms with Crippen LogP contribution in [0.15, 0.2) is 58.7 Å². The topological polar surface area (TPSA) is 78.7 Å². The maximum Gasteiger partial charge on any atom is 0.243 e. The van der Waals surface area contributed by atoms with Crippen molar-refractivity contribution in [3.8, 4) is 0 Å². The van der Waals surface area contributed by atoms with Crippen molar-refractivity contribution in [3.63, 3.8) is 0 Å². The third kappa shape index (κ3) is 5.14. The summed E-state index contributed by atoms with van der Waals surface area (Å²) in [6.07, 6.45) is 6.98. The Labute approximate surface area is 167 Å². The molecule has 1 aliphatic rings. The number of sulfonamides is 1. The van der Waals surface area contributed by atoms with Gasteiger partial charge in [-0.1, -0.05) is 24.6 Å². The van der Waals surface area contributed by atoms with Gasteiger partial charge in [-0.05, 0) is 36.6 Å². The van der Waals surface area contributed by atoms with E-state index < -0.39 is 10.0 Å². The lowest BCUT2D eigenvalue weighted by molar-refractivity contribution is 0.346. The molecule has 8 heteroatoms. The molecule has 7 nitrogen and oxygen atoms in total. The molecular weight excluding hydrogens is 374 g/mol. The Hall–Kier alpha value is -2.32. The van der Waals surface area contributed by atoms with Crippen LogP contribution in [0.1, 0.15) is 24.8 Å². The van der Waals surface area contributed by atoms with E-state index >= 15 is 0 Å². The second-order valence-electron chi connectivity index (χ2n) is 6.85. The van der Waals surface area contributed by atoms with Crippen molar-refractivity contribution in [2.24, 2.45) is 4.99 Å². The molecule has 0 spiro atoms. The summed E-state index contributed by atoms with van der Waals surface area (Å²) >= 11 is 0. The predicted octanol–water partition coefficient (Wildman–Crippen LogP) is 2.03. The third-order valence-electron chi connectivity index (χ3n) is 4.90. The predicted molar refractivity (Wildman–Crippen MR) is 112 cm³/mol. The molecule has 1 aromatic carbocycles. The maximum absolute atomic E-state index is 13.1. The summed E-state index contributed by atoms with van der Waals surface area (Å²) in [5.41, 5.74) is 0.751. The fourth-order valence-corrected chi connectivity index (χ4v) is 5.11. The smallest absolute Gasteiger partial charge is 0.243 e. The summed E-state index contributed by atoms with van der Waals surface area (Å²) in [6, 6.07) is 11.2. The van der Waals surface area contributed by atoms with Gasteiger partial charge in [0.05, 0.1) is 4.90 Å². The van der Waals surface area contributed by atoms with Crippen LogP contribution in [0.3, 0.4) is 0 Å². The molecule has 2 heterocycles. The number of nitrogens with zero attached hydrogens (tertiary/aromatic N) is 3. The molecule has 3 rings (SSSR count). The van der Waals surface area contributed by atoms with Gasteiger partial charge >= 0.3 is 0 Å². The molecule has 152 valence electrons. The van der Waals surface area contributed by atoms with E-state index in [1.807, 2.05) is 36.7 Å². The van der Waals surface area contributed by atoms with Gasteiger partial charge in [-0.25, -0.2) is 8.42 Å². The first kappa shape index (κ1) is 20.4. The largest absolute Gasteiger partial charge is 0.355 e. The minimum Gasteiger partial charge on any atom is -0.355 e. The number of rotatable bonds is 7. The second kappa shape index (κ2) is 9.75. The number of nitrogens with one attached hydrogen (secondary N) is 2. The fraction of sp³-hybridized carbons (Fsp3) is 0.450. The highest BCUT2D eigenvalue weighted by molar-refractivity contribution is 7.89. The van der Waals surface area contributed by atoms with Gasteiger partial charge in [-0.2, -0.15) is 4.31 Å². The summed E-state index contributed by atoms with van der Waals surface area (Å²) in [6.45, 7) is 3.15. The molecule has 0 bridgehead atoms. The molecule has 1 aliphatic heterocycles. The summed E-state index contributed by atoms with van der Waals surface area (Å²) in [4.78, 5) is 4.61. The van der Waals surface area contributed by atoms with Gasteiger partial charge in [0, 0.05) is 52.2 Å². The highest BCUT2D eigenvalue weighted by Gasteiger charge is 2.27. The molecule has 0 atom stereocenters. The zero-order valence-electron chi connectivity index (χ0n) is 16.3. The molecule has 0 radical (unpaired) electrons. The minimum atomic E-state index is -3.46. The van der Waals surface area contributed by atoms with Crippen molar-refractivity contribution in [2.45, 2.75) is 37.2 Å². The number of aliphatic imine (C=N–C) groups is 1. The van der Waals surface area contributed by atoms with Gasteiger partial charge in [-0.15, -0.1) is 0 Å². The number of benzene rings is 1. The van der Waals surface area contributed by atoms with Crippen LogP contribution in [0.4, 0.5) is 0 Å². The highest BCUT2D eigenvalue weighted by atomic mass is 32.2. The normalized spacial score (nSPS) is 16.1. The monoisotopic (exact) mass is 403 g/mol. The van der Waals surface area contributed by atoms with Gasteiger partial charge in [0.25, 0.3) is 0 Å². The molecular formula is C20H29N5O2S. The van der Waals surface area contributed by atoms with Gasteiger partial charge in [-0.3, -0.25) is 4.99 Å². The molecule has 0 aliphatic carbocycles. The summed E-state index contributed by atoms with van der Waals surface area (Å²) in [5, 5.41) is 6.49. The van der Waals surface area contributed by atoms with Crippen LogP contribution < -0.4 is 10.6 Å². The van der Waals surface area contributed by atoms with Crippen molar-refractivity contribution in [3.05, 3.63) is 54.4 Å². The first-order chi connectivity index (χ1) is 13.6. The molecule has 2 aromatic rings. The molecule has 1 saturated heterocycles. The van der Waals surface area contributed by atoms with Crippen molar-refractivity contribution >= 4 is 16.0 Å². The Morgan fingerprint density at radius 3 is 2.46 bits per heavy atom. The second-order valence-corrected chi connectivity index (χ2v) is 8.75. The van der Waals surface area contributed by atoms with E-state index in [0.717, 1.165) is 37.9 Å². The van der Waals surface area contributed by atoms with E-state index in [2.05, 4.69) is 20.2 Å². The molecule has 1 aromatic heterocycles. The van der Waals surface area contributed by atoms with E-state index in [1.54, 1.807) is 23.5 Å². The van der Waals surface area contributed by atoms with Crippen molar-refractivity contribution in [2.75, 3.05) is 26.7 Å². The maximum atomic E-state index is 13.1. The van der Waals surface area contributed by atoms with E-state index in [1.165, 1.54) is 0 Å². The Morgan fingerprint density at radius 2 is 1.75 bits per heavy atom. The number of guanidine groups is 1. The minimum absolute atomic E-state index is 0.382. The van der Waals surface area contributed by atoms with E-state index in [4.69, 9.17) is 0 Å². The zero-order valence-corrected chi connectivity index (χ0v) is 17.2. The SMILES string of the molecule is CN=C(NCCn1cccc1)NCc1ccccc1S(=O)(=O)N1CCCCC1. The quantitative estimate of drug-likeness (QED) is 0.548. The molecule has 1 fully saturated rings. The van der Waals surface area contributed by atoms with Crippen LogP contribution in [-0.4, -0.2) is 49.9 Å². The zero-order chi connectivity index (χ0) is 19.8. The Balaban J connectivity index is 1.62.